The molecule has 22 heavy (non-hydrogen) atoms. The summed E-state index contributed by atoms with van der Waals surface area (Å²) in [5.41, 5.74) is 10.7. The van der Waals surface area contributed by atoms with E-state index in [1.54, 1.807) is 0 Å². The molecule has 0 aliphatic heterocycles. The average Bonchev–Trinajstić information content (AvgIpc) is 2.89. The van der Waals surface area contributed by atoms with Gasteiger partial charge in [0.25, 0.3) is 0 Å². The van der Waals surface area contributed by atoms with Gasteiger partial charge in [-0.05, 0) is 93.7 Å². The van der Waals surface area contributed by atoms with E-state index in [0.717, 1.165) is 30.3 Å². The third-order valence-corrected chi connectivity index (χ3v) is 5.28. The van der Waals surface area contributed by atoms with E-state index in [1.165, 1.54) is 31.3 Å². The van der Waals surface area contributed by atoms with Crippen LogP contribution in [0, 0.1) is 3.57 Å². The molecule has 114 valence electrons. The number of benzene rings is 2. The molecular weight excluding hydrogens is 451 g/mol. The Bertz CT molecular complexity index is 778. The fraction of sp³-hybridized carbons (Fsp3) is 0.222. The summed E-state index contributed by atoms with van der Waals surface area (Å²) >= 11 is 6.00. The van der Waals surface area contributed by atoms with Gasteiger partial charge in [0, 0.05) is 19.1 Å². The van der Waals surface area contributed by atoms with E-state index in [-0.39, 0.29) is 0 Å². The number of H-pyrrole nitrogens is 1. The number of aromatic amines is 1. The molecule has 1 heterocycles. The van der Waals surface area contributed by atoms with Gasteiger partial charge in [0.2, 0.25) is 0 Å². The topological polar surface area (TPSA) is 41.8 Å². The van der Waals surface area contributed by atoms with Crippen molar-refractivity contribution in [1.82, 2.24) is 4.98 Å². The zero-order chi connectivity index (χ0) is 15.5. The predicted octanol–water partition coefficient (Wildman–Crippen LogP) is 5.48. The Morgan fingerprint density at radius 2 is 1.82 bits per heavy atom. The van der Waals surface area contributed by atoms with Crippen molar-refractivity contribution in [3.63, 3.8) is 0 Å². The van der Waals surface area contributed by atoms with Crippen molar-refractivity contribution in [2.24, 2.45) is 5.73 Å². The molecule has 2 nitrogen and oxygen atoms in total. The van der Waals surface area contributed by atoms with Gasteiger partial charge >= 0.3 is 0 Å². The molecule has 0 radical (unpaired) electrons. The van der Waals surface area contributed by atoms with Crippen LogP contribution < -0.4 is 5.73 Å². The lowest BCUT2D eigenvalue weighted by Gasteiger charge is -2.05. The molecule has 0 unspecified atom stereocenters. The van der Waals surface area contributed by atoms with Gasteiger partial charge in [-0.15, -0.1) is 0 Å². The molecule has 3 N–H and O–H groups in total. The molecule has 1 aromatic heterocycles. The lowest BCUT2D eigenvalue weighted by Crippen LogP contribution is -1.99. The molecule has 0 atom stereocenters. The van der Waals surface area contributed by atoms with Crippen LogP contribution >= 0.6 is 38.5 Å². The number of nitrogens with one attached hydrogen (secondary N) is 1. The van der Waals surface area contributed by atoms with E-state index in [9.17, 15) is 0 Å². The van der Waals surface area contributed by atoms with Crippen LogP contribution in [0.3, 0.4) is 0 Å². The van der Waals surface area contributed by atoms with Crippen LogP contribution in [0.4, 0.5) is 0 Å². The van der Waals surface area contributed by atoms with Crippen LogP contribution in [-0.2, 0) is 6.42 Å². The van der Waals surface area contributed by atoms with Crippen molar-refractivity contribution >= 4 is 49.4 Å². The van der Waals surface area contributed by atoms with Gasteiger partial charge in [-0.3, -0.25) is 0 Å². The first-order valence-electron chi connectivity index (χ1n) is 7.46. The average molecular weight is 469 g/mol. The van der Waals surface area contributed by atoms with Crippen molar-refractivity contribution in [3.8, 4) is 11.3 Å². The maximum Gasteiger partial charge on any atom is 0.0606 e. The van der Waals surface area contributed by atoms with Crippen LogP contribution in [0.2, 0.25) is 0 Å². The summed E-state index contributed by atoms with van der Waals surface area (Å²) in [6.07, 6.45) is 3.23. The highest BCUT2D eigenvalue weighted by Gasteiger charge is 2.14. The molecule has 0 aliphatic carbocycles. The molecule has 0 saturated carbocycles. The molecule has 4 heteroatoms. The van der Waals surface area contributed by atoms with Crippen molar-refractivity contribution in [2.45, 2.75) is 19.3 Å². The Hall–Kier alpha value is -0.850. The number of rotatable bonds is 5. The number of fused-ring (bicyclic) bond motifs is 1. The fourth-order valence-corrected chi connectivity index (χ4v) is 3.63. The highest BCUT2D eigenvalue weighted by Crippen LogP contribution is 2.35. The molecule has 0 spiro atoms. The van der Waals surface area contributed by atoms with E-state index >= 15 is 0 Å². The standard InChI is InChI=1S/C18H18BrIN2/c19-16-6-3-5-15-14(4-1-2-11-21)17(22-18(15)16)12-7-9-13(20)10-8-12/h3,5-10,22H,1-2,4,11,21H2. The van der Waals surface area contributed by atoms with Crippen molar-refractivity contribution < 1.29 is 0 Å². The number of halogens is 2. The van der Waals surface area contributed by atoms with Gasteiger partial charge in [-0.25, -0.2) is 0 Å². The Morgan fingerprint density at radius 3 is 2.55 bits per heavy atom. The molecule has 0 bridgehead atoms. The van der Waals surface area contributed by atoms with Crippen LogP contribution in [0.1, 0.15) is 18.4 Å². The van der Waals surface area contributed by atoms with Crippen LogP contribution in [0.15, 0.2) is 46.9 Å². The number of hydrogen-bond acceptors (Lipinski definition) is 1. The molecule has 0 amide bonds. The molecule has 2 aromatic carbocycles. The minimum absolute atomic E-state index is 0.755. The zero-order valence-corrected chi connectivity index (χ0v) is 15.9. The molecular formula is C18H18BrIN2. The zero-order valence-electron chi connectivity index (χ0n) is 12.2. The SMILES string of the molecule is NCCCCc1c(-c2ccc(I)cc2)[nH]c2c(Br)cccc12. The van der Waals surface area contributed by atoms with Gasteiger partial charge in [0.1, 0.15) is 0 Å². The second-order valence-electron chi connectivity index (χ2n) is 5.39. The quantitative estimate of drug-likeness (QED) is 0.377. The van der Waals surface area contributed by atoms with E-state index in [4.69, 9.17) is 5.73 Å². The second kappa shape index (κ2) is 7.15. The van der Waals surface area contributed by atoms with Gasteiger partial charge in [-0.2, -0.15) is 0 Å². The highest BCUT2D eigenvalue weighted by molar-refractivity contribution is 14.1. The second-order valence-corrected chi connectivity index (χ2v) is 7.49. The summed E-state index contributed by atoms with van der Waals surface area (Å²) in [5, 5.41) is 1.31. The predicted molar refractivity (Wildman–Crippen MR) is 106 cm³/mol. The minimum Gasteiger partial charge on any atom is -0.353 e. The third kappa shape index (κ3) is 3.24. The van der Waals surface area contributed by atoms with Crippen LogP contribution in [-0.4, -0.2) is 11.5 Å². The van der Waals surface area contributed by atoms with Crippen LogP contribution in [0.5, 0.6) is 0 Å². The molecule has 3 rings (SSSR count). The van der Waals surface area contributed by atoms with Crippen molar-refractivity contribution in [3.05, 3.63) is 56.1 Å². The van der Waals surface area contributed by atoms with Gasteiger partial charge in [0.05, 0.1) is 5.52 Å². The minimum atomic E-state index is 0.755. The summed E-state index contributed by atoms with van der Waals surface area (Å²) in [6, 6.07) is 15.1. The number of aromatic nitrogens is 1. The number of para-hydroxylation sites is 1. The van der Waals surface area contributed by atoms with E-state index in [0.29, 0.717) is 0 Å². The lowest BCUT2D eigenvalue weighted by atomic mass is 10.0. The monoisotopic (exact) mass is 468 g/mol. The molecule has 0 fully saturated rings. The van der Waals surface area contributed by atoms with E-state index < -0.39 is 0 Å². The summed E-state index contributed by atoms with van der Waals surface area (Å²) in [4.78, 5) is 3.61. The van der Waals surface area contributed by atoms with E-state index in [1.807, 2.05) is 0 Å². The number of unbranched alkanes of at least 4 members (excludes halogenated alkanes) is 1. The Balaban J connectivity index is 2.12. The largest absolute Gasteiger partial charge is 0.353 e. The Kier molecular flexibility index (Phi) is 5.21. The van der Waals surface area contributed by atoms with Crippen molar-refractivity contribution in [1.29, 1.82) is 0 Å². The van der Waals surface area contributed by atoms with Gasteiger partial charge in [0.15, 0.2) is 0 Å². The molecule has 0 saturated heterocycles. The summed E-state index contributed by atoms with van der Waals surface area (Å²) < 4.78 is 2.37. The summed E-state index contributed by atoms with van der Waals surface area (Å²) in [5.74, 6) is 0. The van der Waals surface area contributed by atoms with Crippen LogP contribution in [0.25, 0.3) is 22.2 Å². The first kappa shape index (κ1) is 16.0. The summed E-state index contributed by atoms with van der Waals surface area (Å²) in [7, 11) is 0. The normalized spacial score (nSPS) is 11.2. The fourth-order valence-electron chi connectivity index (χ4n) is 2.81. The number of nitrogens with two attached hydrogens (primary N) is 1. The number of hydrogen-bond donors (Lipinski definition) is 2. The molecule has 3 aromatic rings. The lowest BCUT2D eigenvalue weighted by molar-refractivity contribution is 0.748. The highest BCUT2D eigenvalue weighted by atomic mass is 127. The third-order valence-electron chi connectivity index (χ3n) is 3.90. The first-order valence-corrected chi connectivity index (χ1v) is 9.33. The first-order chi connectivity index (χ1) is 10.7. The summed E-state index contributed by atoms with van der Waals surface area (Å²) in [6.45, 7) is 0.755. The Labute approximate surface area is 152 Å². The molecule has 0 aliphatic rings. The maximum absolute atomic E-state index is 5.65. The maximum atomic E-state index is 5.65. The number of aryl methyl sites for hydroxylation is 1. The Morgan fingerprint density at radius 1 is 1.05 bits per heavy atom. The smallest absolute Gasteiger partial charge is 0.0606 e. The van der Waals surface area contributed by atoms with Gasteiger partial charge in [-0.1, -0.05) is 24.3 Å². The van der Waals surface area contributed by atoms with E-state index in [2.05, 4.69) is 86.0 Å². The van der Waals surface area contributed by atoms with Crippen molar-refractivity contribution in [2.75, 3.05) is 6.54 Å². The van der Waals surface area contributed by atoms with Gasteiger partial charge < -0.3 is 10.7 Å².